The lowest BCUT2D eigenvalue weighted by atomic mass is 10.3. The first-order valence-electron chi connectivity index (χ1n) is 5.26. The third-order valence-corrected chi connectivity index (χ3v) is 3.51. The highest BCUT2D eigenvalue weighted by Gasteiger charge is 2.05. The van der Waals surface area contributed by atoms with Crippen molar-refractivity contribution in [2.45, 2.75) is 0 Å². The van der Waals surface area contributed by atoms with Gasteiger partial charge in [-0.05, 0) is 30.3 Å². The summed E-state index contributed by atoms with van der Waals surface area (Å²) < 4.78 is 1.04. The van der Waals surface area contributed by atoms with Gasteiger partial charge in [0.05, 0.1) is 10.2 Å². The number of fused-ring (bicyclic) bond motifs is 1. The van der Waals surface area contributed by atoms with Crippen LogP contribution in [-0.2, 0) is 0 Å². The number of nitrogens with two attached hydrogens (primary N) is 1. The highest BCUT2D eigenvalue weighted by atomic mass is 35.5. The zero-order valence-corrected chi connectivity index (χ0v) is 10.8. The summed E-state index contributed by atoms with van der Waals surface area (Å²) in [5.41, 5.74) is 7.38. The highest BCUT2D eigenvalue weighted by Crippen LogP contribution is 2.29. The molecular formula is C12H9ClN4S. The van der Waals surface area contributed by atoms with Crippen LogP contribution >= 0.6 is 22.9 Å². The Bertz CT molecular complexity index is 710. The van der Waals surface area contributed by atoms with Crippen LogP contribution in [0.1, 0.15) is 0 Å². The molecule has 0 aliphatic carbocycles. The van der Waals surface area contributed by atoms with E-state index in [1.54, 1.807) is 6.07 Å². The van der Waals surface area contributed by atoms with Gasteiger partial charge < -0.3 is 11.1 Å². The van der Waals surface area contributed by atoms with E-state index in [1.165, 1.54) is 11.3 Å². The third kappa shape index (κ3) is 2.23. The van der Waals surface area contributed by atoms with Crippen molar-refractivity contribution < 1.29 is 0 Å². The standard InChI is InChI=1S/C12H9ClN4S/c13-10-2-1-3-11(16-10)17-12-15-8-5-4-7(14)6-9(8)18-12/h1-6H,14H2,(H,15,16,17). The van der Waals surface area contributed by atoms with Gasteiger partial charge in [-0.25, -0.2) is 9.97 Å². The lowest BCUT2D eigenvalue weighted by Gasteiger charge is -2.00. The number of nitrogen functional groups attached to an aromatic ring is 1. The SMILES string of the molecule is Nc1ccc2nc(Nc3cccc(Cl)n3)sc2c1. The molecule has 18 heavy (non-hydrogen) atoms. The predicted molar refractivity (Wildman–Crippen MR) is 76.6 cm³/mol. The Kier molecular flexibility index (Phi) is 2.77. The average Bonchev–Trinajstić information content (AvgIpc) is 2.70. The molecule has 3 aromatic rings. The molecule has 6 heteroatoms. The molecule has 4 nitrogen and oxygen atoms in total. The summed E-state index contributed by atoms with van der Waals surface area (Å²) >= 11 is 7.35. The summed E-state index contributed by atoms with van der Waals surface area (Å²) in [5.74, 6) is 0.675. The number of halogens is 1. The van der Waals surface area contributed by atoms with Crippen LogP contribution in [0.2, 0.25) is 5.15 Å². The molecule has 0 atom stereocenters. The first kappa shape index (κ1) is 11.3. The van der Waals surface area contributed by atoms with E-state index < -0.39 is 0 Å². The Morgan fingerprint density at radius 3 is 2.89 bits per heavy atom. The van der Waals surface area contributed by atoms with E-state index in [4.69, 9.17) is 17.3 Å². The summed E-state index contributed by atoms with van der Waals surface area (Å²) in [6, 6.07) is 11.0. The van der Waals surface area contributed by atoms with Crippen LogP contribution < -0.4 is 11.1 Å². The molecule has 0 aliphatic heterocycles. The Morgan fingerprint density at radius 1 is 1.17 bits per heavy atom. The molecule has 0 fully saturated rings. The number of nitrogens with zero attached hydrogens (tertiary/aromatic N) is 2. The Labute approximate surface area is 112 Å². The minimum Gasteiger partial charge on any atom is -0.399 e. The molecule has 2 aromatic heterocycles. The Hall–Kier alpha value is -1.85. The van der Waals surface area contributed by atoms with Crippen LogP contribution in [0.15, 0.2) is 36.4 Å². The fourth-order valence-corrected chi connectivity index (χ4v) is 2.67. The molecule has 0 saturated heterocycles. The summed E-state index contributed by atoms with van der Waals surface area (Å²) in [6.45, 7) is 0. The first-order valence-corrected chi connectivity index (χ1v) is 6.46. The smallest absolute Gasteiger partial charge is 0.189 e. The summed E-state index contributed by atoms with van der Waals surface area (Å²) in [4.78, 5) is 8.60. The monoisotopic (exact) mass is 276 g/mol. The summed E-state index contributed by atoms with van der Waals surface area (Å²) in [5, 5.41) is 4.34. The molecule has 0 radical (unpaired) electrons. The van der Waals surface area contributed by atoms with Gasteiger partial charge in [0, 0.05) is 5.69 Å². The number of thiazole rings is 1. The number of nitrogens with one attached hydrogen (secondary N) is 1. The second kappa shape index (κ2) is 4.44. The van der Waals surface area contributed by atoms with E-state index in [0.29, 0.717) is 11.0 Å². The number of anilines is 3. The molecule has 2 heterocycles. The summed E-state index contributed by atoms with van der Waals surface area (Å²) in [7, 11) is 0. The number of pyridine rings is 1. The second-order valence-corrected chi connectivity index (χ2v) is 5.13. The van der Waals surface area contributed by atoms with Gasteiger partial charge in [0.1, 0.15) is 11.0 Å². The van der Waals surface area contributed by atoms with Crippen molar-refractivity contribution in [3.8, 4) is 0 Å². The van der Waals surface area contributed by atoms with E-state index in [1.807, 2.05) is 30.3 Å². The maximum atomic E-state index is 5.83. The molecule has 0 bridgehead atoms. The topological polar surface area (TPSA) is 63.8 Å². The molecule has 90 valence electrons. The molecule has 0 saturated carbocycles. The molecule has 0 unspecified atom stereocenters. The average molecular weight is 277 g/mol. The van der Waals surface area contributed by atoms with Crippen molar-refractivity contribution in [1.82, 2.24) is 9.97 Å². The van der Waals surface area contributed by atoms with Gasteiger partial charge in [-0.1, -0.05) is 29.0 Å². The minimum atomic E-state index is 0.449. The predicted octanol–water partition coefficient (Wildman–Crippen LogP) is 3.67. The number of benzene rings is 1. The van der Waals surface area contributed by atoms with E-state index >= 15 is 0 Å². The van der Waals surface area contributed by atoms with Crippen molar-refractivity contribution in [2.24, 2.45) is 0 Å². The molecule has 3 N–H and O–H groups in total. The van der Waals surface area contributed by atoms with Gasteiger partial charge in [0.15, 0.2) is 5.13 Å². The number of rotatable bonds is 2. The molecule has 0 spiro atoms. The van der Waals surface area contributed by atoms with Crippen molar-refractivity contribution in [3.05, 3.63) is 41.6 Å². The largest absolute Gasteiger partial charge is 0.399 e. The van der Waals surface area contributed by atoms with Crippen molar-refractivity contribution in [1.29, 1.82) is 0 Å². The second-order valence-electron chi connectivity index (χ2n) is 3.72. The van der Waals surface area contributed by atoms with E-state index in [0.717, 1.165) is 21.0 Å². The van der Waals surface area contributed by atoms with Crippen LogP contribution in [-0.4, -0.2) is 9.97 Å². The quantitative estimate of drug-likeness (QED) is 0.554. The molecule has 3 rings (SSSR count). The lowest BCUT2D eigenvalue weighted by molar-refractivity contribution is 1.30. The summed E-state index contributed by atoms with van der Waals surface area (Å²) in [6.07, 6.45) is 0. The van der Waals surface area contributed by atoms with Crippen molar-refractivity contribution in [3.63, 3.8) is 0 Å². The molecule has 0 amide bonds. The van der Waals surface area contributed by atoms with Crippen LogP contribution in [0, 0.1) is 0 Å². The van der Waals surface area contributed by atoms with Gasteiger partial charge in [-0.15, -0.1) is 0 Å². The maximum Gasteiger partial charge on any atom is 0.189 e. The Balaban J connectivity index is 1.95. The van der Waals surface area contributed by atoms with Crippen molar-refractivity contribution in [2.75, 3.05) is 11.1 Å². The first-order chi connectivity index (χ1) is 8.70. The lowest BCUT2D eigenvalue weighted by Crippen LogP contribution is -1.91. The van der Waals surface area contributed by atoms with E-state index in [9.17, 15) is 0 Å². The highest BCUT2D eigenvalue weighted by molar-refractivity contribution is 7.22. The zero-order chi connectivity index (χ0) is 12.5. The zero-order valence-electron chi connectivity index (χ0n) is 9.22. The van der Waals surface area contributed by atoms with E-state index in [2.05, 4.69) is 15.3 Å². The molecular weight excluding hydrogens is 268 g/mol. The van der Waals surface area contributed by atoms with Gasteiger partial charge in [0.2, 0.25) is 0 Å². The fraction of sp³-hybridized carbons (Fsp3) is 0. The molecule has 0 aliphatic rings. The number of hydrogen-bond donors (Lipinski definition) is 2. The fourth-order valence-electron chi connectivity index (χ4n) is 1.58. The van der Waals surface area contributed by atoms with E-state index in [-0.39, 0.29) is 0 Å². The van der Waals surface area contributed by atoms with Gasteiger partial charge in [0.25, 0.3) is 0 Å². The number of aromatic nitrogens is 2. The third-order valence-electron chi connectivity index (χ3n) is 2.36. The Morgan fingerprint density at radius 2 is 2.06 bits per heavy atom. The maximum absolute atomic E-state index is 5.83. The van der Waals surface area contributed by atoms with Crippen molar-refractivity contribution >= 4 is 49.8 Å². The normalized spacial score (nSPS) is 10.7. The van der Waals surface area contributed by atoms with Crippen LogP contribution in [0.4, 0.5) is 16.6 Å². The van der Waals surface area contributed by atoms with Gasteiger partial charge >= 0.3 is 0 Å². The van der Waals surface area contributed by atoms with Crippen LogP contribution in [0.3, 0.4) is 0 Å². The van der Waals surface area contributed by atoms with Crippen LogP contribution in [0.5, 0.6) is 0 Å². The van der Waals surface area contributed by atoms with Crippen LogP contribution in [0.25, 0.3) is 10.2 Å². The number of hydrogen-bond acceptors (Lipinski definition) is 5. The minimum absolute atomic E-state index is 0.449. The van der Waals surface area contributed by atoms with Gasteiger partial charge in [-0.3, -0.25) is 0 Å². The van der Waals surface area contributed by atoms with Gasteiger partial charge in [-0.2, -0.15) is 0 Å². The molecule has 1 aromatic carbocycles.